The first-order valence-corrected chi connectivity index (χ1v) is 6.86. The van der Waals surface area contributed by atoms with Crippen LogP contribution in [0.1, 0.15) is 28.8 Å². The number of hydrogen-bond acceptors (Lipinski definition) is 3. The second-order valence-corrected chi connectivity index (χ2v) is 5.36. The van der Waals surface area contributed by atoms with E-state index < -0.39 is 5.82 Å². The molecule has 2 rings (SSSR count). The van der Waals surface area contributed by atoms with Crippen molar-refractivity contribution >= 4 is 11.6 Å². The molecule has 110 valence electrons. The SMILES string of the molecule is COCC1CCN(C(=O)c2cc(N)c(C)c(F)c2)CC1. The Hall–Kier alpha value is -1.62. The normalized spacial score (nSPS) is 16.4. The molecular formula is C15H21FN2O2. The van der Waals surface area contributed by atoms with E-state index in [1.165, 1.54) is 6.07 Å². The minimum Gasteiger partial charge on any atom is -0.398 e. The molecule has 0 aromatic heterocycles. The van der Waals surface area contributed by atoms with Crippen molar-refractivity contribution in [2.45, 2.75) is 19.8 Å². The fourth-order valence-corrected chi connectivity index (χ4v) is 2.54. The maximum absolute atomic E-state index is 13.7. The van der Waals surface area contributed by atoms with Gasteiger partial charge in [-0.05, 0) is 37.8 Å². The van der Waals surface area contributed by atoms with Crippen molar-refractivity contribution in [2.75, 3.05) is 32.5 Å². The Kier molecular flexibility index (Phi) is 4.60. The van der Waals surface area contributed by atoms with Gasteiger partial charge in [-0.15, -0.1) is 0 Å². The summed E-state index contributed by atoms with van der Waals surface area (Å²) in [6.45, 7) is 3.70. The van der Waals surface area contributed by atoms with E-state index in [4.69, 9.17) is 10.5 Å². The van der Waals surface area contributed by atoms with E-state index >= 15 is 0 Å². The lowest BCUT2D eigenvalue weighted by molar-refractivity contribution is 0.0613. The van der Waals surface area contributed by atoms with Crippen LogP contribution in [0.5, 0.6) is 0 Å². The van der Waals surface area contributed by atoms with Gasteiger partial charge in [0.1, 0.15) is 5.82 Å². The third-order valence-electron chi connectivity index (χ3n) is 3.94. The van der Waals surface area contributed by atoms with E-state index in [-0.39, 0.29) is 5.91 Å². The Bertz CT molecular complexity index is 474. The highest BCUT2D eigenvalue weighted by molar-refractivity contribution is 5.95. The number of anilines is 1. The minimum atomic E-state index is -0.428. The predicted molar refractivity (Wildman–Crippen MR) is 76.1 cm³/mol. The fourth-order valence-electron chi connectivity index (χ4n) is 2.54. The van der Waals surface area contributed by atoms with E-state index in [1.807, 2.05) is 0 Å². The van der Waals surface area contributed by atoms with Crippen molar-refractivity contribution in [3.63, 3.8) is 0 Å². The highest BCUT2D eigenvalue weighted by Crippen LogP contribution is 2.22. The van der Waals surface area contributed by atoms with Gasteiger partial charge in [0.2, 0.25) is 0 Å². The number of benzene rings is 1. The zero-order valence-corrected chi connectivity index (χ0v) is 12.0. The van der Waals surface area contributed by atoms with Gasteiger partial charge in [-0.2, -0.15) is 0 Å². The minimum absolute atomic E-state index is 0.147. The van der Waals surface area contributed by atoms with Gasteiger partial charge < -0.3 is 15.4 Å². The molecule has 0 saturated carbocycles. The first kappa shape index (κ1) is 14.8. The van der Waals surface area contributed by atoms with Crippen LogP contribution in [0.3, 0.4) is 0 Å². The molecule has 1 aliphatic heterocycles. The lowest BCUT2D eigenvalue weighted by Gasteiger charge is -2.31. The third kappa shape index (κ3) is 3.10. The van der Waals surface area contributed by atoms with Crippen molar-refractivity contribution in [1.29, 1.82) is 0 Å². The highest BCUT2D eigenvalue weighted by Gasteiger charge is 2.24. The Labute approximate surface area is 118 Å². The zero-order valence-electron chi connectivity index (χ0n) is 12.0. The molecule has 4 nitrogen and oxygen atoms in total. The van der Waals surface area contributed by atoms with Crippen molar-refractivity contribution in [2.24, 2.45) is 5.92 Å². The van der Waals surface area contributed by atoms with E-state index in [0.717, 1.165) is 19.4 Å². The fraction of sp³-hybridized carbons (Fsp3) is 0.533. The van der Waals surface area contributed by atoms with Crippen molar-refractivity contribution in [3.8, 4) is 0 Å². The second-order valence-electron chi connectivity index (χ2n) is 5.36. The maximum Gasteiger partial charge on any atom is 0.254 e. The molecule has 1 fully saturated rings. The summed E-state index contributed by atoms with van der Waals surface area (Å²) in [5.41, 5.74) is 6.76. The number of carbonyl (C=O) groups excluding carboxylic acids is 1. The molecule has 1 amide bonds. The molecule has 1 saturated heterocycles. The summed E-state index contributed by atoms with van der Waals surface area (Å²) in [5.74, 6) is -0.0713. The average molecular weight is 280 g/mol. The highest BCUT2D eigenvalue weighted by atomic mass is 19.1. The number of piperidine rings is 1. The number of nitrogens with zero attached hydrogens (tertiary/aromatic N) is 1. The van der Waals surface area contributed by atoms with Gasteiger partial charge in [0.05, 0.1) is 0 Å². The first-order chi connectivity index (χ1) is 9.52. The molecule has 0 aliphatic carbocycles. The average Bonchev–Trinajstić information content (AvgIpc) is 2.44. The quantitative estimate of drug-likeness (QED) is 0.864. The van der Waals surface area contributed by atoms with E-state index in [2.05, 4.69) is 0 Å². The van der Waals surface area contributed by atoms with Crippen LogP contribution in [-0.4, -0.2) is 37.6 Å². The van der Waals surface area contributed by atoms with Gasteiger partial charge in [-0.3, -0.25) is 4.79 Å². The molecule has 1 aromatic rings. The Morgan fingerprint density at radius 2 is 2.10 bits per heavy atom. The van der Waals surface area contributed by atoms with Gasteiger partial charge in [0.25, 0.3) is 5.91 Å². The summed E-state index contributed by atoms with van der Waals surface area (Å²) < 4.78 is 18.8. The molecule has 0 bridgehead atoms. The van der Waals surface area contributed by atoms with Crippen LogP contribution < -0.4 is 5.73 Å². The maximum atomic E-state index is 13.7. The first-order valence-electron chi connectivity index (χ1n) is 6.86. The topological polar surface area (TPSA) is 55.6 Å². The lowest BCUT2D eigenvalue weighted by atomic mass is 9.97. The number of carbonyl (C=O) groups is 1. The molecule has 1 heterocycles. The van der Waals surface area contributed by atoms with E-state index in [1.54, 1.807) is 25.0 Å². The number of methoxy groups -OCH3 is 1. The predicted octanol–water partition coefficient (Wildman–Crippen LogP) is 2.21. The lowest BCUT2D eigenvalue weighted by Crippen LogP contribution is -2.39. The van der Waals surface area contributed by atoms with Crippen molar-refractivity contribution < 1.29 is 13.9 Å². The molecule has 0 atom stereocenters. The molecule has 0 spiro atoms. The Morgan fingerprint density at radius 3 is 2.65 bits per heavy atom. The van der Waals surface area contributed by atoms with Gasteiger partial charge in [-0.1, -0.05) is 0 Å². The van der Waals surface area contributed by atoms with Gasteiger partial charge >= 0.3 is 0 Å². The zero-order chi connectivity index (χ0) is 14.7. The monoisotopic (exact) mass is 280 g/mol. The standard InChI is InChI=1S/C15H21FN2O2/c1-10-13(16)7-12(8-14(10)17)15(19)18-5-3-11(4-6-18)9-20-2/h7-8,11H,3-6,9,17H2,1-2H3. The summed E-state index contributed by atoms with van der Waals surface area (Å²) in [6.07, 6.45) is 1.84. The number of ether oxygens (including phenoxy) is 1. The number of rotatable bonds is 3. The molecule has 5 heteroatoms. The van der Waals surface area contributed by atoms with Gasteiger partial charge in [0.15, 0.2) is 0 Å². The smallest absolute Gasteiger partial charge is 0.254 e. The largest absolute Gasteiger partial charge is 0.398 e. The second kappa shape index (κ2) is 6.22. The summed E-state index contributed by atoms with van der Waals surface area (Å²) in [7, 11) is 1.69. The number of nitrogens with two attached hydrogens (primary N) is 1. The number of nitrogen functional groups attached to an aromatic ring is 1. The van der Waals surface area contributed by atoms with Crippen LogP contribution in [0.15, 0.2) is 12.1 Å². The molecule has 1 aromatic carbocycles. The summed E-state index contributed by atoms with van der Waals surface area (Å²) in [5, 5.41) is 0. The summed E-state index contributed by atoms with van der Waals surface area (Å²) in [4.78, 5) is 14.1. The molecule has 2 N–H and O–H groups in total. The van der Waals surface area contributed by atoms with E-state index in [9.17, 15) is 9.18 Å². The Balaban J connectivity index is 2.06. The molecule has 0 radical (unpaired) electrons. The number of likely N-dealkylation sites (tertiary alicyclic amines) is 1. The molecule has 0 unspecified atom stereocenters. The van der Waals surface area contributed by atoms with Gasteiger partial charge in [0, 0.05) is 43.6 Å². The van der Waals surface area contributed by atoms with E-state index in [0.29, 0.717) is 35.8 Å². The van der Waals surface area contributed by atoms with Crippen LogP contribution in [0.4, 0.5) is 10.1 Å². The van der Waals surface area contributed by atoms with Crippen LogP contribution in [-0.2, 0) is 4.74 Å². The van der Waals surface area contributed by atoms with Crippen LogP contribution in [0, 0.1) is 18.7 Å². The van der Waals surface area contributed by atoms with Gasteiger partial charge in [-0.25, -0.2) is 4.39 Å². The molecule has 1 aliphatic rings. The summed E-state index contributed by atoms with van der Waals surface area (Å²) >= 11 is 0. The van der Waals surface area contributed by atoms with Crippen LogP contribution in [0.2, 0.25) is 0 Å². The van der Waals surface area contributed by atoms with Crippen LogP contribution >= 0.6 is 0 Å². The third-order valence-corrected chi connectivity index (χ3v) is 3.94. The van der Waals surface area contributed by atoms with Crippen molar-refractivity contribution in [1.82, 2.24) is 4.90 Å². The number of halogens is 1. The number of amides is 1. The summed E-state index contributed by atoms with van der Waals surface area (Å²) in [6, 6.07) is 2.83. The van der Waals surface area contributed by atoms with Crippen molar-refractivity contribution in [3.05, 3.63) is 29.1 Å². The molecular weight excluding hydrogens is 259 g/mol. The van der Waals surface area contributed by atoms with Crippen LogP contribution in [0.25, 0.3) is 0 Å². The Morgan fingerprint density at radius 1 is 1.45 bits per heavy atom. The number of hydrogen-bond donors (Lipinski definition) is 1. The molecule has 20 heavy (non-hydrogen) atoms.